The summed E-state index contributed by atoms with van der Waals surface area (Å²) in [4.78, 5) is 34.9. The van der Waals surface area contributed by atoms with Gasteiger partial charge in [0.15, 0.2) is 6.10 Å². The molecule has 0 heterocycles. The summed E-state index contributed by atoms with van der Waals surface area (Å²) in [5.74, 6) is -0.878. The van der Waals surface area contributed by atoms with Crippen molar-refractivity contribution in [1.82, 2.24) is 0 Å². The first-order valence-corrected chi connectivity index (χ1v) is 23.9. The lowest BCUT2D eigenvalue weighted by Crippen LogP contribution is -2.29. The molecule has 0 amide bonds. The lowest BCUT2D eigenvalue weighted by Gasteiger charge is -2.19. The minimum absolute atomic E-state index is 0.0432. The molecule has 10 heteroatoms. The van der Waals surface area contributed by atoms with Crippen LogP contribution in [0.1, 0.15) is 181 Å². The van der Waals surface area contributed by atoms with Crippen LogP contribution < -0.4 is 5.73 Å². The molecule has 3 N–H and O–H groups in total. The van der Waals surface area contributed by atoms with Crippen molar-refractivity contribution >= 4 is 19.8 Å². The summed E-state index contributed by atoms with van der Waals surface area (Å²) in [5.41, 5.74) is 5.35. The van der Waals surface area contributed by atoms with Crippen molar-refractivity contribution in [2.24, 2.45) is 5.73 Å². The Morgan fingerprint density at radius 1 is 0.526 bits per heavy atom. The lowest BCUT2D eigenvalue weighted by molar-refractivity contribution is -0.161. The smallest absolute Gasteiger partial charge is 0.462 e. The minimum atomic E-state index is -4.39. The SMILES string of the molecule is CCCCC/C=C/C/C=C/C/C=C/C/C=C/CCCCCC(=O)O[C@H](COC(=O)CCCCCCCCC/C=C/C/C=C/CCCCC)COP(=O)(O)OCCN. The first-order chi connectivity index (χ1) is 27.8. The highest BCUT2D eigenvalue weighted by Crippen LogP contribution is 2.43. The van der Waals surface area contributed by atoms with E-state index in [0.29, 0.717) is 12.8 Å². The molecule has 0 aliphatic heterocycles. The van der Waals surface area contributed by atoms with Crippen molar-refractivity contribution < 1.29 is 37.6 Å². The van der Waals surface area contributed by atoms with Gasteiger partial charge in [0.2, 0.25) is 0 Å². The summed E-state index contributed by atoms with van der Waals surface area (Å²) >= 11 is 0. The number of phosphoric acid groups is 1. The van der Waals surface area contributed by atoms with E-state index >= 15 is 0 Å². The number of phosphoric ester groups is 1. The largest absolute Gasteiger partial charge is 0.472 e. The third-order valence-corrected chi connectivity index (χ3v) is 10.0. The van der Waals surface area contributed by atoms with Crippen LogP contribution in [0.4, 0.5) is 0 Å². The van der Waals surface area contributed by atoms with E-state index in [2.05, 4.69) is 86.8 Å². The van der Waals surface area contributed by atoms with E-state index in [0.717, 1.165) is 70.6 Å². The molecule has 57 heavy (non-hydrogen) atoms. The number of rotatable bonds is 41. The fourth-order valence-corrected chi connectivity index (χ4v) is 6.47. The van der Waals surface area contributed by atoms with Crippen LogP contribution in [0.5, 0.6) is 0 Å². The second-order valence-electron chi connectivity index (χ2n) is 14.6. The lowest BCUT2D eigenvalue weighted by atomic mass is 10.1. The Morgan fingerprint density at radius 2 is 0.912 bits per heavy atom. The third kappa shape index (κ3) is 42.9. The van der Waals surface area contributed by atoms with Crippen LogP contribution in [0.3, 0.4) is 0 Å². The summed E-state index contributed by atoms with van der Waals surface area (Å²) in [6, 6.07) is 0. The molecule has 0 rings (SSSR count). The summed E-state index contributed by atoms with van der Waals surface area (Å²) < 4.78 is 32.8. The molecule has 0 saturated heterocycles. The number of hydrogen-bond acceptors (Lipinski definition) is 8. The molecule has 328 valence electrons. The highest BCUT2D eigenvalue weighted by molar-refractivity contribution is 7.47. The number of hydrogen-bond donors (Lipinski definition) is 2. The summed E-state index contributed by atoms with van der Waals surface area (Å²) in [6.45, 7) is 3.62. The zero-order chi connectivity index (χ0) is 41.8. The maximum atomic E-state index is 12.6. The molecule has 0 aromatic rings. The second kappa shape index (κ2) is 43.0. The molecule has 0 bridgehead atoms. The predicted octanol–water partition coefficient (Wildman–Crippen LogP) is 13.1. The summed E-state index contributed by atoms with van der Waals surface area (Å²) in [6.07, 6.45) is 52.1. The van der Waals surface area contributed by atoms with Gasteiger partial charge in [0, 0.05) is 19.4 Å². The molecule has 0 spiro atoms. The molecule has 0 radical (unpaired) electrons. The van der Waals surface area contributed by atoms with Crippen LogP contribution in [0, 0.1) is 0 Å². The molecular formula is C47H82NO8P. The maximum absolute atomic E-state index is 12.6. The van der Waals surface area contributed by atoms with Crippen LogP contribution in [0.15, 0.2) is 72.9 Å². The molecule has 0 aliphatic rings. The van der Waals surface area contributed by atoms with Crippen molar-refractivity contribution in [3.63, 3.8) is 0 Å². The monoisotopic (exact) mass is 820 g/mol. The van der Waals surface area contributed by atoms with Gasteiger partial charge in [-0.1, -0.05) is 151 Å². The first-order valence-electron chi connectivity index (χ1n) is 22.4. The van der Waals surface area contributed by atoms with E-state index in [4.69, 9.17) is 24.3 Å². The van der Waals surface area contributed by atoms with Gasteiger partial charge in [-0.2, -0.15) is 0 Å². The van der Waals surface area contributed by atoms with Crippen LogP contribution in [0.2, 0.25) is 0 Å². The van der Waals surface area contributed by atoms with Gasteiger partial charge in [-0.25, -0.2) is 4.57 Å². The van der Waals surface area contributed by atoms with Crippen molar-refractivity contribution in [2.75, 3.05) is 26.4 Å². The molecule has 0 saturated carbocycles. The van der Waals surface area contributed by atoms with Crippen molar-refractivity contribution in [3.05, 3.63) is 72.9 Å². The molecule has 0 aromatic heterocycles. The second-order valence-corrected chi connectivity index (χ2v) is 16.0. The van der Waals surface area contributed by atoms with Gasteiger partial charge in [0.05, 0.1) is 13.2 Å². The Bertz CT molecular complexity index is 1160. The third-order valence-electron chi connectivity index (χ3n) is 9.06. The van der Waals surface area contributed by atoms with E-state index in [9.17, 15) is 19.0 Å². The first kappa shape index (κ1) is 54.5. The minimum Gasteiger partial charge on any atom is -0.462 e. The van der Waals surface area contributed by atoms with Gasteiger partial charge < -0.3 is 20.1 Å². The molecule has 9 nitrogen and oxygen atoms in total. The Balaban J connectivity index is 4.23. The maximum Gasteiger partial charge on any atom is 0.472 e. The fraction of sp³-hybridized carbons (Fsp3) is 0.702. The van der Waals surface area contributed by atoms with E-state index in [-0.39, 0.29) is 32.6 Å². The van der Waals surface area contributed by atoms with Crippen LogP contribution in [-0.4, -0.2) is 49.3 Å². The van der Waals surface area contributed by atoms with E-state index in [1.165, 1.54) is 70.6 Å². The van der Waals surface area contributed by atoms with Gasteiger partial charge >= 0.3 is 19.8 Å². The zero-order valence-corrected chi connectivity index (χ0v) is 36.9. The van der Waals surface area contributed by atoms with E-state index < -0.39 is 32.5 Å². The van der Waals surface area contributed by atoms with Crippen LogP contribution in [-0.2, 0) is 32.7 Å². The average molecular weight is 820 g/mol. The van der Waals surface area contributed by atoms with E-state index in [1.54, 1.807) is 0 Å². The van der Waals surface area contributed by atoms with Crippen LogP contribution >= 0.6 is 7.82 Å². The van der Waals surface area contributed by atoms with Gasteiger partial charge in [-0.15, -0.1) is 0 Å². The van der Waals surface area contributed by atoms with Crippen LogP contribution in [0.25, 0.3) is 0 Å². The van der Waals surface area contributed by atoms with Crippen molar-refractivity contribution in [1.29, 1.82) is 0 Å². The topological polar surface area (TPSA) is 134 Å². The zero-order valence-electron chi connectivity index (χ0n) is 36.0. The predicted molar refractivity (Wildman–Crippen MR) is 238 cm³/mol. The van der Waals surface area contributed by atoms with Gasteiger partial charge in [0.25, 0.3) is 0 Å². The average Bonchev–Trinajstić information content (AvgIpc) is 3.20. The molecule has 0 fully saturated rings. The number of esters is 2. The highest BCUT2D eigenvalue weighted by atomic mass is 31.2. The normalized spacial score (nSPS) is 14.0. The van der Waals surface area contributed by atoms with E-state index in [1.807, 2.05) is 0 Å². The number of ether oxygens (including phenoxy) is 2. The summed E-state index contributed by atoms with van der Waals surface area (Å²) in [5, 5.41) is 0. The number of carbonyl (C=O) groups is 2. The Kier molecular flexibility index (Phi) is 41.1. The van der Waals surface area contributed by atoms with Gasteiger partial charge in [-0.05, 0) is 89.9 Å². The number of allylic oxidation sites excluding steroid dienone is 12. The number of unbranched alkanes of at least 4 members (excludes halogenated alkanes) is 16. The standard InChI is InChI=1S/C47H82NO8P/c1-3-5-7-9-11-13-15-17-19-21-22-24-26-28-30-32-34-36-38-40-47(50)56-45(44-55-57(51,52)54-42-41-48)43-53-46(49)39-37-35-33-31-29-27-25-23-20-18-16-14-12-10-8-6-4-2/h11-14,17-20,22,24,28,30,45H,3-10,15-16,21,23,25-27,29,31-44,48H2,1-2H3,(H,51,52)/b13-11+,14-12+,19-17+,20-18+,24-22+,30-28+/t45-/m1/s1. The van der Waals surface area contributed by atoms with Gasteiger partial charge in [0.1, 0.15) is 6.61 Å². The summed E-state index contributed by atoms with van der Waals surface area (Å²) in [7, 11) is -4.39. The quantitative estimate of drug-likeness (QED) is 0.0267. The Hall–Kier alpha value is -2.55. The molecule has 2 atom stereocenters. The molecular weight excluding hydrogens is 737 g/mol. The molecule has 0 aromatic carbocycles. The highest BCUT2D eigenvalue weighted by Gasteiger charge is 2.26. The van der Waals surface area contributed by atoms with Crippen molar-refractivity contribution in [2.45, 2.75) is 187 Å². The van der Waals surface area contributed by atoms with Crippen molar-refractivity contribution in [3.8, 4) is 0 Å². The van der Waals surface area contributed by atoms with Gasteiger partial charge in [-0.3, -0.25) is 18.6 Å². The Morgan fingerprint density at radius 3 is 1.37 bits per heavy atom. The number of nitrogens with two attached hydrogens (primary N) is 1. The molecule has 1 unspecified atom stereocenters. The molecule has 0 aliphatic carbocycles. The number of carbonyl (C=O) groups excluding carboxylic acids is 2. The fourth-order valence-electron chi connectivity index (χ4n) is 5.71. The Labute approximate surface area is 348 Å².